The molecule has 1 unspecified atom stereocenters. The van der Waals surface area contributed by atoms with Gasteiger partial charge in [0.1, 0.15) is 5.75 Å². The van der Waals surface area contributed by atoms with Crippen molar-refractivity contribution in [2.75, 3.05) is 34.9 Å². The van der Waals surface area contributed by atoms with Crippen molar-refractivity contribution in [1.82, 2.24) is 10.6 Å². The van der Waals surface area contributed by atoms with Gasteiger partial charge in [0.15, 0.2) is 17.5 Å². The first-order valence-electron chi connectivity index (χ1n) is 8.38. The van der Waals surface area contributed by atoms with Crippen LogP contribution in [0.4, 0.5) is 0 Å². The van der Waals surface area contributed by atoms with Crippen molar-refractivity contribution in [1.29, 1.82) is 0 Å². The maximum absolute atomic E-state index is 5.47. The molecule has 2 aromatic rings. The molecule has 2 N–H and O–H groups in total. The van der Waals surface area contributed by atoms with Crippen LogP contribution in [-0.2, 0) is 6.54 Å². The number of nitrogens with zero attached hydrogens (tertiary/aromatic N) is 1. The minimum Gasteiger partial charge on any atom is -0.496 e. The molecule has 1 aromatic carbocycles. The largest absolute Gasteiger partial charge is 0.496 e. The first-order valence-corrected chi connectivity index (χ1v) is 9.32. The molecule has 142 valence electrons. The number of aliphatic imine (C=N–C) groups is 1. The maximum Gasteiger partial charge on any atom is 0.191 e. The van der Waals surface area contributed by atoms with Gasteiger partial charge in [0.2, 0.25) is 0 Å². The number of benzene rings is 1. The van der Waals surface area contributed by atoms with E-state index in [1.807, 2.05) is 12.1 Å². The summed E-state index contributed by atoms with van der Waals surface area (Å²) in [7, 11) is 6.63. The molecule has 6 nitrogen and oxygen atoms in total. The van der Waals surface area contributed by atoms with Gasteiger partial charge in [-0.2, -0.15) is 11.3 Å². The van der Waals surface area contributed by atoms with Gasteiger partial charge < -0.3 is 24.8 Å². The molecule has 1 heterocycles. The van der Waals surface area contributed by atoms with Crippen molar-refractivity contribution in [3.63, 3.8) is 0 Å². The van der Waals surface area contributed by atoms with Crippen LogP contribution >= 0.6 is 11.3 Å². The summed E-state index contributed by atoms with van der Waals surface area (Å²) in [6.45, 7) is 3.55. The Morgan fingerprint density at radius 2 is 1.77 bits per heavy atom. The van der Waals surface area contributed by atoms with E-state index >= 15 is 0 Å². The minimum absolute atomic E-state index is 0.412. The van der Waals surface area contributed by atoms with Crippen LogP contribution in [0.25, 0.3) is 0 Å². The third-order valence-corrected chi connectivity index (χ3v) is 4.85. The fraction of sp³-hybridized carbons (Fsp3) is 0.421. The molecule has 0 spiro atoms. The molecular weight excluding hydrogens is 350 g/mol. The molecule has 0 saturated heterocycles. The van der Waals surface area contributed by atoms with Gasteiger partial charge in [0, 0.05) is 31.8 Å². The number of rotatable bonds is 8. The molecule has 7 heteroatoms. The molecule has 0 fully saturated rings. The van der Waals surface area contributed by atoms with Crippen LogP contribution in [0.1, 0.15) is 24.0 Å². The van der Waals surface area contributed by atoms with Gasteiger partial charge >= 0.3 is 0 Å². The Hall–Kier alpha value is -2.41. The third kappa shape index (κ3) is 5.05. The van der Waals surface area contributed by atoms with Crippen LogP contribution in [0.5, 0.6) is 17.2 Å². The van der Waals surface area contributed by atoms with Crippen molar-refractivity contribution >= 4 is 17.3 Å². The highest BCUT2D eigenvalue weighted by Crippen LogP contribution is 2.34. The smallest absolute Gasteiger partial charge is 0.191 e. The first kappa shape index (κ1) is 19.9. The highest BCUT2D eigenvalue weighted by Gasteiger charge is 2.13. The molecule has 0 aliphatic rings. The number of guanidine groups is 1. The highest BCUT2D eigenvalue weighted by molar-refractivity contribution is 7.07. The molecule has 0 saturated carbocycles. The van der Waals surface area contributed by atoms with Gasteiger partial charge in [-0.3, -0.25) is 4.99 Å². The predicted molar refractivity (Wildman–Crippen MR) is 107 cm³/mol. The van der Waals surface area contributed by atoms with E-state index in [4.69, 9.17) is 14.2 Å². The van der Waals surface area contributed by atoms with E-state index in [9.17, 15) is 0 Å². The van der Waals surface area contributed by atoms with Crippen molar-refractivity contribution in [3.8, 4) is 17.2 Å². The lowest BCUT2D eigenvalue weighted by atomic mass is 10.1. The molecule has 0 radical (unpaired) electrons. The summed E-state index contributed by atoms with van der Waals surface area (Å²) in [6.07, 6.45) is 0. The molecule has 0 amide bonds. The van der Waals surface area contributed by atoms with Crippen molar-refractivity contribution in [2.24, 2.45) is 4.99 Å². The number of hydrogen-bond acceptors (Lipinski definition) is 5. The fourth-order valence-electron chi connectivity index (χ4n) is 2.55. The summed E-state index contributed by atoms with van der Waals surface area (Å²) >= 11 is 1.72. The molecular formula is C19H27N3O3S. The number of thiophene rings is 1. The van der Waals surface area contributed by atoms with Crippen LogP contribution in [-0.4, -0.2) is 40.9 Å². The molecule has 0 aliphatic carbocycles. The van der Waals surface area contributed by atoms with E-state index < -0.39 is 0 Å². The molecule has 1 aromatic heterocycles. The lowest BCUT2D eigenvalue weighted by Crippen LogP contribution is -2.38. The van der Waals surface area contributed by atoms with E-state index in [1.165, 1.54) is 5.56 Å². The number of hydrogen-bond donors (Lipinski definition) is 2. The lowest BCUT2D eigenvalue weighted by Gasteiger charge is -2.17. The molecule has 2 rings (SSSR count). The van der Waals surface area contributed by atoms with E-state index in [0.717, 1.165) is 23.8 Å². The number of ether oxygens (including phenoxy) is 3. The zero-order valence-electron chi connectivity index (χ0n) is 16.0. The molecule has 1 atom stereocenters. The summed E-state index contributed by atoms with van der Waals surface area (Å²) in [6, 6.07) is 5.89. The Kier molecular flexibility index (Phi) is 7.59. The van der Waals surface area contributed by atoms with Crippen molar-refractivity contribution in [2.45, 2.75) is 19.4 Å². The van der Waals surface area contributed by atoms with Crippen LogP contribution < -0.4 is 24.8 Å². The summed E-state index contributed by atoms with van der Waals surface area (Å²) < 4.78 is 16.2. The second kappa shape index (κ2) is 9.91. The zero-order valence-corrected chi connectivity index (χ0v) is 16.8. The topological polar surface area (TPSA) is 64.1 Å². The average molecular weight is 378 g/mol. The molecule has 0 bridgehead atoms. The number of methoxy groups -OCH3 is 3. The Morgan fingerprint density at radius 1 is 1.08 bits per heavy atom. The van der Waals surface area contributed by atoms with E-state index in [1.54, 1.807) is 39.7 Å². The monoisotopic (exact) mass is 377 g/mol. The zero-order chi connectivity index (χ0) is 18.9. The molecule has 26 heavy (non-hydrogen) atoms. The van der Waals surface area contributed by atoms with Crippen LogP contribution in [0.3, 0.4) is 0 Å². The maximum atomic E-state index is 5.47. The fourth-order valence-corrected chi connectivity index (χ4v) is 3.34. The van der Waals surface area contributed by atoms with Gasteiger partial charge in [-0.05, 0) is 34.4 Å². The van der Waals surface area contributed by atoms with Crippen molar-refractivity contribution < 1.29 is 14.2 Å². The van der Waals surface area contributed by atoms with Crippen LogP contribution in [0.2, 0.25) is 0 Å². The Morgan fingerprint density at radius 3 is 2.35 bits per heavy atom. The lowest BCUT2D eigenvalue weighted by molar-refractivity contribution is 0.347. The standard InChI is InChI=1S/C19H27N3O3S/c1-13(14-6-7-26-12-14)10-21-19(20-2)22-11-15-8-17(24-4)18(25-5)9-16(15)23-3/h6-9,12-13H,10-11H2,1-5H3,(H2,20,21,22). The Labute approximate surface area is 159 Å². The van der Waals surface area contributed by atoms with Crippen LogP contribution in [0, 0.1) is 0 Å². The normalized spacial score (nSPS) is 12.4. The first-order chi connectivity index (χ1) is 12.6. The molecule has 0 aliphatic heterocycles. The van der Waals surface area contributed by atoms with Gasteiger partial charge in [-0.25, -0.2) is 0 Å². The van der Waals surface area contributed by atoms with E-state index in [0.29, 0.717) is 24.0 Å². The highest BCUT2D eigenvalue weighted by atomic mass is 32.1. The minimum atomic E-state index is 0.412. The third-order valence-electron chi connectivity index (χ3n) is 4.14. The summed E-state index contributed by atoms with van der Waals surface area (Å²) in [4.78, 5) is 4.29. The second-order valence-corrected chi connectivity index (χ2v) is 6.56. The Bertz CT molecular complexity index is 717. The summed E-state index contributed by atoms with van der Waals surface area (Å²) in [5, 5.41) is 11.0. The van der Waals surface area contributed by atoms with E-state index in [2.05, 4.69) is 39.4 Å². The van der Waals surface area contributed by atoms with Crippen LogP contribution in [0.15, 0.2) is 34.0 Å². The van der Waals surface area contributed by atoms with E-state index in [-0.39, 0.29) is 0 Å². The summed E-state index contributed by atoms with van der Waals surface area (Å²) in [5.74, 6) is 3.19. The average Bonchev–Trinajstić information content (AvgIpc) is 3.22. The van der Waals surface area contributed by atoms with Gasteiger partial charge in [0.05, 0.1) is 21.3 Å². The van der Waals surface area contributed by atoms with Gasteiger partial charge in [-0.1, -0.05) is 6.92 Å². The SMILES string of the molecule is CN=C(NCc1cc(OC)c(OC)cc1OC)NCC(C)c1ccsc1. The summed E-state index contributed by atoms with van der Waals surface area (Å²) in [5.41, 5.74) is 2.29. The second-order valence-electron chi connectivity index (χ2n) is 5.78. The Balaban J connectivity index is 1.99. The van der Waals surface area contributed by atoms with Crippen molar-refractivity contribution in [3.05, 3.63) is 40.1 Å². The van der Waals surface area contributed by atoms with Gasteiger partial charge in [0.25, 0.3) is 0 Å². The van der Waals surface area contributed by atoms with Gasteiger partial charge in [-0.15, -0.1) is 0 Å². The number of nitrogens with one attached hydrogen (secondary N) is 2. The predicted octanol–water partition coefficient (Wildman–Crippen LogP) is 3.24. The quantitative estimate of drug-likeness (QED) is 0.546.